The molecule has 3 atom stereocenters. The number of anilines is 1. The number of hydrogen-bond donors (Lipinski definition) is 4. The Balaban J connectivity index is 1.41. The number of aryl methyl sites for hydroxylation is 1. The summed E-state index contributed by atoms with van der Waals surface area (Å²) in [5, 5.41) is 8.52. The van der Waals surface area contributed by atoms with Gasteiger partial charge in [-0.1, -0.05) is 18.2 Å². The van der Waals surface area contributed by atoms with Crippen molar-refractivity contribution in [1.82, 2.24) is 20.9 Å². The van der Waals surface area contributed by atoms with E-state index in [1.807, 2.05) is 6.07 Å². The summed E-state index contributed by atoms with van der Waals surface area (Å²) in [5.74, 6) is -1.81. The molecular weight excluding hydrogens is 466 g/mol. The van der Waals surface area contributed by atoms with Crippen LogP contribution >= 0.6 is 0 Å². The summed E-state index contributed by atoms with van der Waals surface area (Å²) >= 11 is 0. The Bertz CT molecular complexity index is 1180. The highest BCUT2D eigenvalue weighted by Gasteiger charge is 2.35. The van der Waals surface area contributed by atoms with E-state index in [0.717, 1.165) is 23.4 Å². The summed E-state index contributed by atoms with van der Waals surface area (Å²) in [6.45, 7) is 1.88. The van der Waals surface area contributed by atoms with E-state index in [-0.39, 0.29) is 17.5 Å². The fourth-order valence-corrected chi connectivity index (χ4v) is 4.36. The van der Waals surface area contributed by atoms with Crippen LogP contribution in [-0.4, -0.2) is 35.4 Å². The number of amides is 2. The number of fused-ring (bicyclic) bond motifs is 1. The molecule has 2 aliphatic rings. The van der Waals surface area contributed by atoms with Gasteiger partial charge in [-0.25, -0.2) is 9.37 Å². The normalized spacial score (nSPS) is 20.5. The van der Waals surface area contributed by atoms with Gasteiger partial charge >= 0.3 is 6.18 Å². The minimum atomic E-state index is -4.82. The highest BCUT2D eigenvalue weighted by atomic mass is 19.4. The van der Waals surface area contributed by atoms with Crippen LogP contribution in [0.3, 0.4) is 0 Å². The minimum absolute atomic E-state index is 0.193. The first-order valence-electron chi connectivity index (χ1n) is 11.2. The number of nitrogens with one attached hydrogen (secondary N) is 3. The lowest BCUT2D eigenvalue weighted by Gasteiger charge is -2.25. The van der Waals surface area contributed by atoms with Crippen molar-refractivity contribution in [1.29, 1.82) is 0 Å². The summed E-state index contributed by atoms with van der Waals surface area (Å²) in [6.07, 6.45) is -1.60. The van der Waals surface area contributed by atoms with E-state index in [1.165, 1.54) is 12.1 Å². The molecule has 0 radical (unpaired) electrons. The fourth-order valence-electron chi connectivity index (χ4n) is 4.36. The van der Waals surface area contributed by atoms with Gasteiger partial charge in [0.25, 0.3) is 0 Å². The first kappa shape index (κ1) is 24.6. The fraction of sp³-hybridized carbons (Fsp3) is 0.375. The van der Waals surface area contributed by atoms with Crippen LogP contribution in [0.15, 0.2) is 36.4 Å². The molecule has 7 nitrogen and oxygen atoms in total. The number of halogens is 4. The maximum Gasteiger partial charge on any atom is 0.419 e. The van der Waals surface area contributed by atoms with Crippen LogP contribution in [0.4, 0.5) is 23.4 Å². The summed E-state index contributed by atoms with van der Waals surface area (Å²) in [6, 6.07) is 4.35. The molecule has 0 saturated carbocycles. The molecule has 1 aromatic heterocycles. The first-order valence-corrected chi connectivity index (χ1v) is 11.2. The molecule has 2 aromatic rings. The Morgan fingerprint density at radius 1 is 1.20 bits per heavy atom. The second-order valence-electron chi connectivity index (χ2n) is 8.67. The molecule has 0 saturated heterocycles. The van der Waals surface area contributed by atoms with Gasteiger partial charge in [0.1, 0.15) is 23.7 Å². The molecule has 186 valence electrons. The van der Waals surface area contributed by atoms with Crippen molar-refractivity contribution in [2.75, 3.05) is 12.3 Å². The van der Waals surface area contributed by atoms with Crippen LogP contribution in [0.25, 0.3) is 5.57 Å². The zero-order valence-electron chi connectivity index (χ0n) is 18.9. The van der Waals surface area contributed by atoms with E-state index in [1.54, 1.807) is 13.0 Å². The van der Waals surface area contributed by atoms with Crippen molar-refractivity contribution in [2.45, 2.75) is 50.5 Å². The van der Waals surface area contributed by atoms with Gasteiger partial charge in [0.05, 0.1) is 11.6 Å². The number of hydrogen-bond acceptors (Lipinski definition) is 5. The van der Waals surface area contributed by atoms with Gasteiger partial charge in [-0.3, -0.25) is 9.59 Å². The number of nitrogens with two attached hydrogens (primary N) is 1. The topological polar surface area (TPSA) is 109 Å². The molecule has 0 fully saturated rings. The molecule has 11 heteroatoms. The lowest BCUT2D eigenvalue weighted by molar-refractivity contribution is -0.140. The number of carbonyl (C=O) groups excluding carboxylic acids is 2. The van der Waals surface area contributed by atoms with Crippen LogP contribution in [0.2, 0.25) is 0 Å². The molecule has 5 N–H and O–H groups in total. The Hall–Kier alpha value is -3.47. The number of aromatic nitrogens is 1. The van der Waals surface area contributed by atoms with Gasteiger partial charge in [0.15, 0.2) is 0 Å². The van der Waals surface area contributed by atoms with Gasteiger partial charge in [-0.2, -0.15) is 13.2 Å². The smallest absolute Gasteiger partial charge is 0.384 e. The molecule has 1 aliphatic heterocycles. The molecule has 4 rings (SSSR count). The predicted octanol–water partition coefficient (Wildman–Crippen LogP) is 2.88. The standard InChI is InChI=1S/C24H25F4N5O2/c1-12(22(34)33-19-6-5-18-15(19)3-7-21(29)32-18)31-23(35)20-11-14(8-9-30-20)13-2-4-17(25)16(10-13)24(26,27)28/h2-4,7,10-12,19-20,30H,5-6,8-9H2,1H3,(H2,29,32)(H,31,35)(H,33,34)/t12-,19+,20+/m0/s1. The van der Waals surface area contributed by atoms with E-state index < -0.39 is 35.5 Å². The zero-order valence-corrected chi connectivity index (χ0v) is 18.9. The second-order valence-corrected chi connectivity index (χ2v) is 8.67. The van der Waals surface area contributed by atoms with Crippen LogP contribution in [-0.2, 0) is 22.2 Å². The van der Waals surface area contributed by atoms with Crippen LogP contribution < -0.4 is 21.7 Å². The molecule has 1 aliphatic carbocycles. The zero-order chi connectivity index (χ0) is 25.3. The van der Waals surface area contributed by atoms with E-state index in [9.17, 15) is 27.2 Å². The minimum Gasteiger partial charge on any atom is -0.384 e. The molecule has 0 spiro atoms. The van der Waals surface area contributed by atoms with Crippen molar-refractivity contribution < 1.29 is 27.2 Å². The van der Waals surface area contributed by atoms with Crippen LogP contribution in [0, 0.1) is 5.82 Å². The molecule has 35 heavy (non-hydrogen) atoms. The maximum absolute atomic E-state index is 13.6. The number of pyridine rings is 1. The van der Waals surface area contributed by atoms with Gasteiger partial charge in [-0.05, 0) is 61.1 Å². The summed E-state index contributed by atoms with van der Waals surface area (Å²) in [4.78, 5) is 29.8. The van der Waals surface area contributed by atoms with Gasteiger partial charge < -0.3 is 21.7 Å². The lowest BCUT2D eigenvalue weighted by Crippen LogP contribution is -2.52. The monoisotopic (exact) mass is 491 g/mol. The summed E-state index contributed by atoms with van der Waals surface area (Å²) in [5.41, 5.74) is 6.77. The van der Waals surface area contributed by atoms with E-state index in [4.69, 9.17) is 5.73 Å². The lowest BCUT2D eigenvalue weighted by atomic mass is 9.95. The Morgan fingerprint density at radius 3 is 2.71 bits per heavy atom. The third kappa shape index (κ3) is 5.45. The quantitative estimate of drug-likeness (QED) is 0.481. The average Bonchev–Trinajstić information content (AvgIpc) is 3.20. The van der Waals surface area contributed by atoms with Crippen LogP contribution in [0.1, 0.15) is 48.2 Å². The number of nitrogen functional groups attached to an aromatic ring is 1. The molecule has 0 bridgehead atoms. The SMILES string of the molecule is C[C@H](NC(=O)[C@H]1C=C(c2ccc(F)c(C(F)(F)F)c2)CCN1)C(=O)N[C@@H]1CCc2nc(N)ccc21. The summed E-state index contributed by atoms with van der Waals surface area (Å²) in [7, 11) is 0. The molecular formula is C24H25F4N5O2. The van der Waals surface area contributed by atoms with Crippen molar-refractivity contribution in [3.8, 4) is 0 Å². The van der Waals surface area contributed by atoms with Crippen LogP contribution in [0.5, 0.6) is 0 Å². The molecule has 0 unspecified atom stereocenters. The summed E-state index contributed by atoms with van der Waals surface area (Å²) < 4.78 is 52.9. The van der Waals surface area contributed by atoms with E-state index in [0.29, 0.717) is 37.2 Å². The largest absolute Gasteiger partial charge is 0.419 e. The number of nitrogens with zero attached hydrogens (tertiary/aromatic N) is 1. The highest BCUT2D eigenvalue weighted by molar-refractivity contribution is 5.92. The van der Waals surface area contributed by atoms with Gasteiger partial charge in [0, 0.05) is 12.2 Å². The van der Waals surface area contributed by atoms with Crippen molar-refractivity contribution in [2.24, 2.45) is 0 Å². The number of alkyl halides is 3. The van der Waals surface area contributed by atoms with Crippen molar-refractivity contribution in [3.63, 3.8) is 0 Å². The Kier molecular flexibility index (Phi) is 6.79. The Labute approximate surface area is 199 Å². The first-order chi connectivity index (χ1) is 16.5. The number of carbonyl (C=O) groups is 2. The third-order valence-electron chi connectivity index (χ3n) is 6.20. The molecule has 2 heterocycles. The molecule has 1 aromatic carbocycles. The van der Waals surface area contributed by atoms with Gasteiger partial charge in [-0.15, -0.1) is 0 Å². The number of rotatable bonds is 5. The van der Waals surface area contributed by atoms with Crippen molar-refractivity contribution >= 4 is 23.2 Å². The Morgan fingerprint density at radius 2 is 1.97 bits per heavy atom. The van der Waals surface area contributed by atoms with E-state index >= 15 is 0 Å². The predicted molar refractivity (Wildman–Crippen MR) is 121 cm³/mol. The third-order valence-corrected chi connectivity index (χ3v) is 6.20. The highest BCUT2D eigenvalue weighted by Crippen LogP contribution is 2.34. The van der Waals surface area contributed by atoms with Crippen molar-refractivity contribution in [3.05, 3.63) is 64.6 Å². The van der Waals surface area contributed by atoms with E-state index in [2.05, 4.69) is 20.9 Å². The average molecular weight is 491 g/mol. The number of benzene rings is 1. The molecule has 2 amide bonds. The maximum atomic E-state index is 13.6. The second kappa shape index (κ2) is 9.65. The van der Waals surface area contributed by atoms with Gasteiger partial charge in [0.2, 0.25) is 11.8 Å².